The summed E-state index contributed by atoms with van der Waals surface area (Å²) in [5.41, 5.74) is 8.52. The molecule has 0 saturated carbocycles. The molecule has 6 heterocycles. The molecule has 0 amide bonds. The fourth-order valence-corrected chi connectivity index (χ4v) is 14.0. The Morgan fingerprint density at radius 2 is 0.879 bits per heavy atom. The highest BCUT2D eigenvalue weighted by Crippen LogP contribution is 2.38. The fourth-order valence-electron chi connectivity index (χ4n) is 9.45. The minimum Gasteiger partial charge on any atom is -0.456 e. The van der Waals surface area contributed by atoms with Crippen molar-refractivity contribution in [1.82, 2.24) is 24.1 Å². The Labute approximate surface area is 333 Å². The number of pyridine rings is 3. The third kappa shape index (κ3) is 4.68. The minimum atomic E-state index is -2.95. The van der Waals surface area contributed by atoms with Gasteiger partial charge < -0.3 is 13.6 Å². The number of para-hydroxylation sites is 3. The molecule has 12 aromatic rings. The zero-order chi connectivity index (χ0) is 38.2. The maximum absolute atomic E-state index is 6.41. The Hall–Kier alpha value is -7.61. The van der Waals surface area contributed by atoms with E-state index in [1.807, 2.05) is 49.3 Å². The van der Waals surface area contributed by atoms with E-state index in [0.29, 0.717) is 0 Å². The summed E-state index contributed by atoms with van der Waals surface area (Å²) < 4.78 is 11.1. The van der Waals surface area contributed by atoms with Crippen LogP contribution in [-0.4, -0.2) is 32.2 Å². The van der Waals surface area contributed by atoms with Crippen molar-refractivity contribution >= 4 is 94.4 Å². The van der Waals surface area contributed by atoms with Gasteiger partial charge in [0, 0.05) is 86.9 Å². The molecule has 58 heavy (non-hydrogen) atoms. The molecule has 6 aromatic carbocycles. The summed E-state index contributed by atoms with van der Waals surface area (Å²) >= 11 is 0. The molecule has 0 unspecified atom stereocenters. The summed E-state index contributed by atoms with van der Waals surface area (Å²) in [6.07, 6.45) is 11.6. The van der Waals surface area contributed by atoms with Gasteiger partial charge in [0.1, 0.15) is 11.2 Å². The van der Waals surface area contributed by atoms with E-state index in [4.69, 9.17) is 14.4 Å². The molecule has 7 heteroatoms. The molecule has 0 aliphatic rings. The van der Waals surface area contributed by atoms with Crippen LogP contribution in [0.3, 0.4) is 0 Å². The number of hydrogen-bond donors (Lipinski definition) is 0. The first-order valence-electron chi connectivity index (χ1n) is 19.5. The van der Waals surface area contributed by atoms with Gasteiger partial charge in [-0.1, -0.05) is 91.0 Å². The molecule has 0 aliphatic heterocycles. The van der Waals surface area contributed by atoms with Gasteiger partial charge >= 0.3 is 0 Å². The standard InChI is InChI=1S/C51H33N5OSi/c1-4-14-46-40(11-1)43-29-44-42-13-3-6-16-50(42)57-51(44)30-49(43)56(46)35-19-23-37(24-20-35)58(38-9-7-26-52-31-38,39-10-8-27-53-32-39)36-21-17-34(18-22-36)55-47-15-5-2-12-41(47)45-33-54-28-25-48(45)55/h1-33H. The van der Waals surface area contributed by atoms with Gasteiger partial charge in [-0.2, -0.15) is 0 Å². The average Bonchev–Trinajstić information content (AvgIpc) is 3.94. The van der Waals surface area contributed by atoms with Crippen LogP contribution in [0.2, 0.25) is 0 Å². The van der Waals surface area contributed by atoms with Crippen molar-refractivity contribution in [1.29, 1.82) is 0 Å². The lowest BCUT2D eigenvalue weighted by molar-refractivity contribution is 0.669. The second-order valence-corrected chi connectivity index (χ2v) is 18.7. The van der Waals surface area contributed by atoms with Crippen LogP contribution in [0.25, 0.3) is 76.9 Å². The van der Waals surface area contributed by atoms with E-state index in [-0.39, 0.29) is 0 Å². The first-order chi connectivity index (χ1) is 28.8. The molecule has 272 valence electrons. The predicted molar refractivity (Wildman–Crippen MR) is 239 cm³/mol. The number of hydrogen-bond acceptors (Lipinski definition) is 4. The van der Waals surface area contributed by atoms with Gasteiger partial charge in [0.05, 0.1) is 22.1 Å². The summed E-state index contributed by atoms with van der Waals surface area (Å²) in [4.78, 5) is 13.9. The zero-order valence-corrected chi connectivity index (χ0v) is 32.2. The van der Waals surface area contributed by atoms with E-state index in [2.05, 4.69) is 166 Å². The second kappa shape index (κ2) is 12.7. The molecule has 0 aliphatic carbocycles. The molecular formula is C51H33N5OSi. The Balaban J connectivity index is 1.06. The smallest absolute Gasteiger partial charge is 0.182 e. The summed E-state index contributed by atoms with van der Waals surface area (Å²) in [6.45, 7) is 0. The van der Waals surface area contributed by atoms with Crippen molar-refractivity contribution < 1.29 is 4.42 Å². The monoisotopic (exact) mass is 759 g/mol. The first kappa shape index (κ1) is 32.6. The number of nitrogens with zero attached hydrogens (tertiary/aromatic N) is 5. The Kier molecular flexibility index (Phi) is 7.15. The van der Waals surface area contributed by atoms with Crippen LogP contribution in [0, 0.1) is 0 Å². The van der Waals surface area contributed by atoms with E-state index in [0.717, 1.165) is 60.8 Å². The number of rotatable bonds is 6. The van der Waals surface area contributed by atoms with E-state index in [1.165, 1.54) is 36.9 Å². The molecule has 6 aromatic heterocycles. The highest BCUT2D eigenvalue weighted by atomic mass is 28.3. The van der Waals surface area contributed by atoms with Crippen LogP contribution in [0.1, 0.15) is 0 Å². The van der Waals surface area contributed by atoms with Crippen LogP contribution in [0.4, 0.5) is 0 Å². The molecule has 0 radical (unpaired) electrons. The van der Waals surface area contributed by atoms with E-state index < -0.39 is 8.07 Å². The third-order valence-electron chi connectivity index (χ3n) is 12.0. The number of benzene rings is 6. The lowest BCUT2D eigenvalue weighted by Gasteiger charge is -2.34. The lowest BCUT2D eigenvalue weighted by Crippen LogP contribution is -2.74. The van der Waals surface area contributed by atoms with E-state index in [1.54, 1.807) is 0 Å². The molecule has 0 spiro atoms. The second-order valence-electron chi connectivity index (χ2n) is 14.9. The summed E-state index contributed by atoms with van der Waals surface area (Å²) in [5.74, 6) is 0. The number of fused-ring (bicyclic) bond motifs is 9. The topological polar surface area (TPSA) is 61.7 Å². The molecule has 0 atom stereocenters. The van der Waals surface area contributed by atoms with Gasteiger partial charge in [-0.25, -0.2) is 0 Å². The molecule has 0 saturated heterocycles. The maximum Gasteiger partial charge on any atom is 0.182 e. The SMILES string of the molecule is c1cncc([Si](c2ccc(-n3c4ccccc4c4cnccc43)cc2)(c2ccc(-n3c4ccccc4c4cc5c(cc43)oc3ccccc35)cc2)c2cccnc2)c1. The predicted octanol–water partition coefficient (Wildman–Crippen LogP) is 9.34. The van der Waals surface area contributed by atoms with Gasteiger partial charge in [-0.3, -0.25) is 15.0 Å². The van der Waals surface area contributed by atoms with E-state index >= 15 is 0 Å². The fraction of sp³-hybridized carbons (Fsp3) is 0. The van der Waals surface area contributed by atoms with Crippen molar-refractivity contribution in [3.63, 3.8) is 0 Å². The lowest BCUT2D eigenvalue weighted by atomic mass is 10.1. The van der Waals surface area contributed by atoms with Crippen molar-refractivity contribution in [2.45, 2.75) is 0 Å². The van der Waals surface area contributed by atoms with Crippen LogP contribution in [0.15, 0.2) is 205 Å². The van der Waals surface area contributed by atoms with E-state index in [9.17, 15) is 0 Å². The van der Waals surface area contributed by atoms with Gasteiger partial charge in [-0.05, 0) is 87.5 Å². The van der Waals surface area contributed by atoms with Crippen molar-refractivity contribution in [2.75, 3.05) is 0 Å². The molecular weight excluding hydrogens is 727 g/mol. The molecule has 6 nitrogen and oxygen atoms in total. The molecule has 0 fully saturated rings. The van der Waals surface area contributed by atoms with Gasteiger partial charge in [-0.15, -0.1) is 0 Å². The van der Waals surface area contributed by atoms with Crippen LogP contribution in [-0.2, 0) is 0 Å². The molecule has 12 rings (SSSR count). The van der Waals surface area contributed by atoms with Gasteiger partial charge in [0.2, 0.25) is 0 Å². The Bertz CT molecular complexity index is 3410. The minimum absolute atomic E-state index is 0.884. The van der Waals surface area contributed by atoms with Crippen LogP contribution < -0.4 is 20.7 Å². The summed E-state index contributed by atoms with van der Waals surface area (Å²) in [7, 11) is -2.95. The highest BCUT2D eigenvalue weighted by Gasteiger charge is 2.42. The quantitative estimate of drug-likeness (QED) is 0.159. The first-order valence-corrected chi connectivity index (χ1v) is 21.5. The summed E-state index contributed by atoms with van der Waals surface area (Å²) in [5, 5.41) is 11.9. The van der Waals surface area contributed by atoms with Gasteiger partial charge in [0.15, 0.2) is 8.07 Å². The van der Waals surface area contributed by atoms with Crippen molar-refractivity contribution in [3.05, 3.63) is 201 Å². The highest BCUT2D eigenvalue weighted by molar-refractivity contribution is 7.19. The maximum atomic E-state index is 6.41. The normalized spacial score (nSPS) is 12.1. The average molecular weight is 760 g/mol. The zero-order valence-electron chi connectivity index (χ0n) is 31.2. The summed E-state index contributed by atoms with van der Waals surface area (Å²) in [6, 6.07) is 59.1. The van der Waals surface area contributed by atoms with Crippen molar-refractivity contribution in [2.24, 2.45) is 0 Å². The Morgan fingerprint density at radius 1 is 0.345 bits per heavy atom. The van der Waals surface area contributed by atoms with Crippen molar-refractivity contribution in [3.8, 4) is 11.4 Å². The Morgan fingerprint density at radius 3 is 1.50 bits per heavy atom. The van der Waals surface area contributed by atoms with Gasteiger partial charge in [0.25, 0.3) is 0 Å². The van der Waals surface area contributed by atoms with Crippen LogP contribution >= 0.6 is 0 Å². The molecule has 0 bridgehead atoms. The number of aromatic nitrogens is 5. The molecule has 0 N–H and O–H groups in total. The van der Waals surface area contributed by atoms with Crippen LogP contribution in [0.5, 0.6) is 0 Å². The number of furan rings is 1. The largest absolute Gasteiger partial charge is 0.456 e. The third-order valence-corrected chi connectivity index (χ3v) is 16.7.